The van der Waals surface area contributed by atoms with Crippen LogP contribution in [0.15, 0.2) is 59.5 Å². The lowest BCUT2D eigenvalue weighted by molar-refractivity contribution is -0.140. The van der Waals surface area contributed by atoms with E-state index in [0.717, 1.165) is 12.8 Å². The first-order valence-electron chi connectivity index (χ1n) is 9.01. The van der Waals surface area contributed by atoms with Crippen LogP contribution < -0.4 is 4.72 Å². The second-order valence-electron chi connectivity index (χ2n) is 6.46. The average Bonchev–Trinajstić information content (AvgIpc) is 3.27. The Morgan fingerprint density at radius 1 is 1.04 bits per heavy atom. The van der Waals surface area contributed by atoms with Crippen LogP contribution in [-0.2, 0) is 19.6 Å². The number of nitrogens with one attached hydrogen (secondary N) is 1. The van der Waals surface area contributed by atoms with Gasteiger partial charge in [0.2, 0.25) is 16.1 Å². The molecule has 1 aliphatic heterocycles. The van der Waals surface area contributed by atoms with Crippen molar-refractivity contribution in [3.05, 3.63) is 65.7 Å². The minimum atomic E-state index is -3.70. The molecule has 1 fully saturated rings. The molecule has 8 heteroatoms. The Morgan fingerprint density at radius 3 is 2.36 bits per heavy atom. The van der Waals surface area contributed by atoms with E-state index in [0.29, 0.717) is 18.7 Å². The van der Waals surface area contributed by atoms with Gasteiger partial charge in [-0.25, -0.2) is 17.9 Å². The molecule has 7 nitrogen and oxygen atoms in total. The van der Waals surface area contributed by atoms with Gasteiger partial charge in [-0.2, -0.15) is 0 Å². The number of nitrogens with zero attached hydrogens (tertiary/aromatic N) is 1. The maximum absolute atomic E-state index is 12.9. The first-order valence-corrected chi connectivity index (χ1v) is 10.5. The largest absolute Gasteiger partial charge is 0.444 e. The summed E-state index contributed by atoms with van der Waals surface area (Å²) in [5.74, 6) is -1.02. The first-order chi connectivity index (χ1) is 13.4. The number of hydrogen-bond acceptors (Lipinski definition) is 5. The predicted octanol–water partition coefficient (Wildman–Crippen LogP) is 2.12. The fourth-order valence-electron chi connectivity index (χ4n) is 3.08. The normalized spacial score (nSPS) is 15.2. The molecule has 1 amide bonds. The summed E-state index contributed by atoms with van der Waals surface area (Å²) in [6.45, 7) is 1.27. The van der Waals surface area contributed by atoms with Crippen LogP contribution in [0, 0.1) is 0 Å². The third-order valence-corrected chi connectivity index (χ3v) is 6.03. The molecule has 0 radical (unpaired) electrons. The van der Waals surface area contributed by atoms with Crippen molar-refractivity contribution in [1.29, 1.82) is 0 Å². The van der Waals surface area contributed by atoms with Crippen molar-refractivity contribution < 1.29 is 22.7 Å². The van der Waals surface area contributed by atoms with Crippen LogP contribution in [-0.4, -0.2) is 45.3 Å². The van der Waals surface area contributed by atoms with Gasteiger partial charge in [0.05, 0.1) is 10.5 Å². The second-order valence-corrected chi connectivity index (χ2v) is 8.35. The summed E-state index contributed by atoms with van der Waals surface area (Å²) in [6, 6.07) is 14.3. The van der Waals surface area contributed by atoms with Crippen LogP contribution in [0.1, 0.15) is 34.9 Å². The van der Waals surface area contributed by atoms with Gasteiger partial charge in [0, 0.05) is 18.7 Å². The monoisotopic (exact) mass is 402 g/mol. The molecule has 0 bridgehead atoms. The van der Waals surface area contributed by atoms with Crippen molar-refractivity contribution in [3.63, 3.8) is 0 Å². The number of carbonyl (C=O) groups is 2. The number of esters is 1. The Balaban J connectivity index is 1.87. The summed E-state index contributed by atoms with van der Waals surface area (Å²) < 4.78 is 31.7. The van der Waals surface area contributed by atoms with E-state index in [9.17, 15) is 18.0 Å². The lowest BCUT2D eigenvalue weighted by atomic mass is 10.1. The molecular formula is C20H22N2O5S. The van der Waals surface area contributed by atoms with Crippen LogP contribution in [0.25, 0.3) is 0 Å². The maximum atomic E-state index is 12.9. The van der Waals surface area contributed by atoms with E-state index in [1.54, 1.807) is 29.2 Å². The van der Waals surface area contributed by atoms with Gasteiger partial charge in [-0.05, 0) is 38.1 Å². The van der Waals surface area contributed by atoms with Crippen molar-refractivity contribution >= 4 is 21.9 Å². The number of benzene rings is 2. The highest BCUT2D eigenvalue weighted by Gasteiger charge is 2.31. The van der Waals surface area contributed by atoms with E-state index >= 15 is 0 Å². The summed E-state index contributed by atoms with van der Waals surface area (Å²) in [7, 11) is -2.41. The highest BCUT2D eigenvalue weighted by atomic mass is 32.2. The zero-order valence-corrected chi connectivity index (χ0v) is 16.3. The quantitative estimate of drug-likeness (QED) is 0.747. The number of rotatable bonds is 6. The third kappa shape index (κ3) is 4.40. The minimum Gasteiger partial charge on any atom is -0.444 e. The molecule has 0 spiro atoms. The molecule has 1 heterocycles. The van der Waals surface area contributed by atoms with Gasteiger partial charge >= 0.3 is 5.97 Å². The minimum absolute atomic E-state index is 0.0495. The van der Waals surface area contributed by atoms with Crippen LogP contribution >= 0.6 is 0 Å². The van der Waals surface area contributed by atoms with Gasteiger partial charge in [-0.3, -0.25) is 4.79 Å². The van der Waals surface area contributed by atoms with Crippen LogP contribution in [0.3, 0.4) is 0 Å². The number of hydrogen-bond donors (Lipinski definition) is 1. The molecule has 1 atom stereocenters. The van der Waals surface area contributed by atoms with Crippen molar-refractivity contribution in [2.24, 2.45) is 0 Å². The lowest BCUT2D eigenvalue weighted by Gasteiger charge is -2.23. The molecular weight excluding hydrogens is 380 g/mol. The number of ether oxygens (including phenoxy) is 1. The number of likely N-dealkylation sites (tertiary alicyclic amines) is 1. The molecule has 148 valence electrons. The summed E-state index contributed by atoms with van der Waals surface area (Å²) in [4.78, 5) is 27.3. The predicted molar refractivity (Wildman–Crippen MR) is 103 cm³/mol. The summed E-state index contributed by atoms with van der Waals surface area (Å²) in [5.41, 5.74) is 0.637. The summed E-state index contributed by atoms with van der Waals surface area (Å²) in [6.07, 6.45) is 0.771. The van der Waals surface area contributed by atoms with Crippen molar-refractivity contribution in [3.8, 4) is 0 Å². The highest BCUT2D eigenvalue weighted by molar-refractivity contribution is 7.89. The summed E-state index contributed by atoms with van der Waals surface area (Å²) in [5, 5.41) is 0. The molecule has 3 rings (SSSR count). The van der Waals surface area contributed by atoms with Gasteiger partial charge < -0.3 is 9.64 Å². The van der Waals surface area contributed by atoms with E-state index in [1.807, 2.05) is 6.07 Å². The topological polar surface area (TPSA) is 92.8 Å². The SMILES string of the molecule is CNS(=O)(=O)c1cccc(C(=O)O[C@H](C(=O)N2CCCC2)c2ccccc2)c1. The Labute approximate surface area is 164 Å². The number of sulfonamides is 1. The van der Waals surface area contributed by atoms with Gasteiger partial charge in [0.15, 0.2) is 0 Å². The van der Waals surface area contributed by atoms with E-state index in [1.165, 1.54) is 31.3 Å². The highest BCUT2D eigenvalue weighted by Crippen LogP contribution is 2.24. The molecule has 1 N–H and O–H groups in total. The molecule has 28 heavy (non-hydrogen) atoms. The molecule has 1 aliphatic rings. The molecule has 0 aliphatic carbocycles. The second kappa shape index (κ2) is 8.53. The van der Waals surface area contributed by atoms with Gasteiger partial charge in [0.25, 0.3) is 5.91 Å². The van der Waals surface area contributed by atoms with E-state index in [-0.39, 0.29) is 16.4 Å². The fourth-order valence-corrected chi connectivity index (χ4v) is 3.85. The fraction of sp³-hybridized carbons (Fsp3) is 0.300. The van der Waals surface area contributed by atoms with Crippen LogP contribution in [0.2, 0.25) is 0 Å². The zero-order chi connectivity index (χ0) is 20.1. The van der Waals surface area contributed by atoms with Gasteiger partial charge in [-0.15, -0.1) is 0 Å². The van der Waals surface area contributed by atoms with Crippen molar-refractivity contribution in [2.75, 3.05) is 20.1 Å². The van der Waals surface area contributed by atoms with E-state index in [4.69, 9.17) is 4.74 Å². The van der Waals surface area contributed by atoms with Gasteiger partial charge in [0.1, 0.15) is 0 Å². The third-order valence-electron chi connectivity index (χ3n) is 4.62. The molecule has 0 aromatic heterocycles. The van der Waals surface area contributed by atoms with Crippen LogP contribution in [0.5, 0.6) is 0 Å². The van der Waals surface area contributed by atoms with Crippen molar-refractivity contribution in [1.82, 2.24) is 9.62 Å². The van der Waals surface area contributed by atoms with E-state index < -0.39 is 22.1 Å². The molecule has 0 saturated carbocycles. The zero-order valence-electron chi connectivity index (χ0n) is 15.5. The summed E-state index contributed by atoms with van der Waals surface area (Å²) >= 11 is 0. The molecule has 2 aromatic carbocycles. The van der Waals surface area contributed by atoms with E-state index in [2.05, 4.69) is 4.72 Å². The molecule has 1 saturated heterocycles. The van der Waals surface area contributed by atoms with Crippen molar-refractivity contribution in [2.45, 2.75) is 23.8 Å². The first kappa shape index (κ1) is 20.0. The number of carbonyl (C=O) groups excluding carboxylic acids is 2. The average molecular weight is 402 g/mol. The molecule has 0 unspecified atom stereocenters. The Kier molecular flexibility index (Phi) is 6.11. The Morgan fingerprint density at radius 2 is 1.71 bits per heavy atom. The smallest absolute Gasteiger partial charge is 0.339 e. The molecule has 2 aromatic rings. The Hall–Kier alpha value is -2.71. The Bertz CT molecular complexity index is 954. The maximum Gasteiger partial charge on any atom is 0.339 e. The van der Waals surface area contributed by atoms with Gasteiger partial charge in [-0.1, -0.05) is 36.4 Å². The standard InChI is InChI=1S/C20H22N2O5S/c1-21-28(25,26)17-11-7-10-16(14-17)20(24)27-18(15-8-3-2-4-9-15)19(23)22-12-5-6-13-22/h2-4,7-11,14,18,21H,5-6,12-13H2,1H3/t18-/m0/s1. The van der Waals surface area contributed by atoms with Crippen LogP contribution in [0.4, 0.5) is 0 Å². The number of amides is 1. The lowest BCUT2D eigenvalue weighted by Crippen LogP contribution is -2.34.